The third-order valence-corrected chi connectivity index (χ3v) is 7.68. The number of sulfonamides is 1. The Morgan fingerprint density at radius 1 is 0.973 bits per heavy atom. The number of rotatable bonds is 8. The zero-order valence-corrected chi connectivity index (χ0v) is 21.5. The predicted molar refractivity (Wildman–Crippen MR) is 143 cm³/mol. The molecule has 9 heteroatoms. The van der Waals surface area contributed by atoms with Crippen molar-refractivity contribution in [1.82, 2.24) is 9.99 Å². The van der Waals surface area contributed by atoms with Crippen molar-refractivity contribution in [3.05, 3.63) is 113 Å². The van der Waals surface area contributed by atoms with E-state index in [2.05, 4.69) is 10.5 Å². The van der Waals surface area contributed by atoms with Crippen LogP contribution in [0, 0.1) is 26.6 Å². The number of aryl methyl sites for hydroxylation is 2. The van der Waals surface area contributed by atoms with E-state index in [0.717, 1.165) is 21.3 Å². The summed E-state index contributed by atoms with van der Waals surface area (Å²) in [5, 5.41) is 4.04. The summed E-state index contributed by atoms with van der Waals surface area (Å²) in [6.07, 6.45) is 1.46. The van der Waals surface area contributed by atoms with Crippen molar-refractivity contribution in [3.63, 3.8) is 0 Å². The molecule has 1 amide bonds. The lowest BCUT2D eigenvalue weighted by Crippen LogP contribution is -2.39. The highest BCUT2D eigenvalue weighted by atomic mass is 32.2. The molecule has 0 saturated carbocycles. The Labute approximate surface area is 215 Å². The van der Waals surface area contributed by atoms with E-state index in [1.165, 1.54) is 24.4 Å². The third kappa shape index (κ3) is 5.62. The van der Waals surface area contributed by atoms with Crippen LogP contribution in [-0.2, 0) is 14.8 Å². The van der Waals surface area contributed by atoms with E-state index in [9.17, 15) is 17.6 Å². The maximum absolute atomic E-state index is 14.3. The van der Waals surface area contributed by atoms with Crippen molar-refractivity contribution in [1.29, 1.82) is 0 Å². The lowest BCUT2D eigenvalue weighted by molar-refractivity contribution is -0.119. The van der Waals surface area contributed by atoms with Crippen LogP contribution < -0.4 is 9.73 Å². The molecule has 0 unspecified atom stereocenters. The third-order valence-electron chi connectivity index (χ3n) is 5.90. The molecule has 3 aromatic carbocycles. The van der Waals surface area contributed by atoms with Gasteiger partial charge in [-0.3, -0.25) is 9.10 Å². The van der Waals surface area contributed by atoms with E-state index >= 15 is 0 Å². The molecule has 7 nitrogen and oxygen atoms in total. The molecule has 0 radical (unpaired) electrons. The standard InChI is InChI=1S/C28H27FN4O3S/c1-20-13-15-24(16-14-20)32(37(35,36)25-9-5-4-6-10-25)19-28(34)31-30-18-23-17-21(2)33(22(23)3)27-12-8-7-11-26(27)29/h4-18H,19H2,1-3H3,(H,31,34)/b30-18+. The van der Waals surface area contributed by atoms with Crippen LogP contribution in [0.25, 0.3) is 5.69 Å². The SMILES string of the molecule is Cc1ccc(N(CC(=O)N/N=C/c2cc(C)n(-c3ccccc3F)c2C)S(=O)(=O)c2ccccc2)cc1. The first-order valence-electron chi connectivity index (χ1n) is 11.6. The first kappa shape index (κ1) is 25.8. The summed E-state index contributed by atoms with van der Waals surface area (Å²) in [4.78, 5) is 12.9. The van der Waals surface area contributed by atoms with Gasteiger partial charge in [0.25, 0.3) is 15.9 Å². The first-order valence-corrected chi connectivity index (χ1v) is 13.0. The topological polar surface area (TPSA) is 83.8 Å². The Bertz CT molecular complexity index is 1550. The highest BCUT2D eigenvalue weighted by Gasteiger charge is 2.27. The van der Waals surface area contributed by atoms with Crippen LogP contribution in [0.2, 0.25) is 0 Å². The van der Waals surface area contributed by atoms with Gasteiger partial charge in [-0.25, -0.2) is 18.2 Å². The fourth-order valence-corrected chi connectivity index (χ4v) is 5.45. The molecular formula is C28H27FN4O3S. The number of para-hydroxylation sites is 1. The second-order valence-electron chi connectivity index (χ2n) is 8.57. The molecule has 1 heterocycles. The first-order chi connectivity index (χ1) is 17.7. The van der Waals surface area contributed by atoms with Gasteiger partial charge in [-0.1, -0.05) is 48.0 Å². The second kappa shape index (κ2) is 10.8. The molecule has 0 aliphatic carbocycles. The normalized spacial score (nSPS) is 11.6. The number of halogens is 1. The van der Waals surface area contributed by atoms with Gasteiger partial charge in [-0.15, -0.1) is 0 Å². The number of carbonyl (C=O) groups excluding carboxylic acids is 1. The molecule has 0 bridgehead atoms. The van der Waals surface area contributed by atoms with Gasteiger partial charge in [0, 0.05) is 17.0 Å². The van der Waals surface area contributed by atoms with E-state index in [4.69, 9.17) is 0 Å². The van der Waals surface area contributed by atoms with Crippen molar-refractivity contribution in [2.24, 2.45) is 5.10 Å². The Kier molecular flexibility index (Phi) is 7.54. The lowest BCUT2D eigenvalue weighted by Gasteiger charge is -2.23. The predicted octanol–water partition coefficient (Wildman–Crippen LogP) is 4.89. The van der Waals surface area contributed by atoms with Crippen LogP contribution in [0.3, 0.4) is 0 Å². The van der Waals surface area contributed by atoms with Crippen molar-refractivity contribution in [2.45, 2.75) is 25.7 Å². The summed E-state index contributed by atoms with van der Waals surface area (Å²) in [5.41, 5.74) is 6.39. The average molecular weight is 519 g/mol. The van der Waals surface area contributed by atoms with Crippen LogP contribution in [0.15, 0.2) is 94.9 Å². The monoisotopic (exact) mass is 518 g/mol. The molecule has 37 heavy (non-hydrogen) atoms. The summed E-state index contributed by atoms with van der Waals surface area (Å²) in [6.45, 7) is 5.10. The number of hydrazone groups is 1. The zero-order valence-electron chi connectivity index (χ0n) is 20.7. The van der Waals surface area contributed by atoms with Crippen LogP contribution in [0.1, 0.15) is 22.5 Å². The minimum Gasteiger partial charge on any atom is -0.315 e. The Hall–Kier alpha value is -4.24. The number of hydrogen-bond acceptors (Lipinski definition) is 4. The number of nitrogens with one attached hydrogen (secondary N) is 1. The fraction of sp³-hybridized carbons (Fsp3) is 0.143. The van der Waals surface area contributed by atoms with Crippen molar-refractivity contribution < 1.29 is 17.6 Å². The Balaban J connectivity index is 1.55. The molecule has 0 fully saturated rings. The number of hydrogen-bond donors (Lipinski definition) is 1. The van der Waals surface area contributed by atoms with Crippen LogP contribution in [0.4, 0.5) is 10.1 Å². The summed E-state index contributed by atoms with van der Waals surface area (Å²) >= 11 is 0. The number of amides is 1. The zero-order chi connectivity index (χ0) is 26.6. The average Bonchev–Trinajstić information content (AvgIpc) is 3.16. The Morgan fingerprint density at radius 2 is 1.62 bits per heavy atom. The molecule has 4 aromatic rings. The number of anilines is 1. The van der Waals surface area contributed by atoms with Gasteiger partial charge in [0.2, 0.25) is 0 Å². The van der Waals surface area contributed by atoms with E-state index in [1.807, 2.05) is 26.8 Å². The largest absolute Gasteiger partial charge is 0.315 e. The van der Waals surface area contributed by atoms with Gasteiger partial charge in [-0.2, -0.15) is 5.10 Å². The number of nitrogens with zero attached hydrogens (tertiary/aromatic N) is 3. The van der Waals surface area contributed by atoms with E-state index < -0.39 is 22.5 Å². The van der Waals surface area contributed by atoms with E-state index in [0.29, 0.717) is 16.9 Å². The van der Waals surface area contributed by atoms with Crippen molar-refractivity contribution >= 4 is 27.8 Å². The lowest BCUT2D eigenvalue weighted by atomic mass is 10.2. The highest BCUT2D eigenvalue weighted by Crippen LogP contribution is 2.24. The van der Waals surface area contributed by atoms with E-state index in [-0.39, 0.29) is 10.7 Å². The van der Waals surface area contributed by atoms with Crippen molar-refractivity contribution in [2.75, 3.05) is 10.8 Å². The molecule has 190 valence electrons. The second-order valence-corrected chi connectivity index (χ2v) is 10.4. The van der Waals surface area contributed by atoms with Gasteiger partial charge in [-0.05, 0) is 63.2 Å². The molecule has 0 saturated heterocycles. The minimum atomic E-state index is -4.00. The molecule has 4 rings (SSSR count). The fourth-order valence-electron chi connectivity index (χ4n) is 4.01. The molecule has 0 aliphatic rings. The van der Waals surface area contributed by atoms with E-state index in [1.54, 1.807) is 65.2 Å². The summed E-state index contributed by atoms with van der Waals surface area (Å²) < 4.78 is 43.9. The van der Waals surface area contributed by atoms with Gasteiger partial charge in [0.15, 0.2) is 0 Å². The quantitative estimate of drug-likeness (QED) is 0.266. The number of aromatic nitrogens is 1. The molecule has 0 atom stereocenters. The Morgan fingerprint density at radius 3 is 2.30 bits per heavy atom. The van der Waals surface area contributed by atoms with Crippen LogP contribution in [-0.4, -0.2) is 31.7 Å². The van der Waals surface area contributed by atoms with Crippen LogP contribution in [0.5, 0.6) is 0 Å². The van der Waals surface area contributed by atoms with Gasteiger partial charge in [0.1, 0.15) is 12.4 Å². The number of benzene rings is 3. The van der Waals surface area contributed by atoms with Gasteiger partial charge < -0.3 is 4.57 Å². The van der Waals surface area contributed by atoms with Crippen molar-refractivity contribution in [3.8, 4) is 5.69 Å². The molecule has 1 N–H and O–H groups in total. The molecule has 0 aliphatic heterocycles. The maximum atomic E-state index is 14.3. The maximum Gasteiger partial charge on any atom is 0.264 e. The molecule has 0 spiro atoms. The number of carbonyl (C=O) groups is 1. The summed E-state index contributed by atoms with van der Waals surface area (Å²) in [6, 6.07) is 23.1. The van der Waals surface area contributed by atoms with Gasteiger partial charge in [0.05, 0.1) is 22.5 Å². The minimum absolute atomic E-state index is 0.0764. The van der Waals surface area contributed by atoms with Gasteiger partial charge >= 0.3 is 0 Å². The summed E-state index contributed by atoms with van der Waals surface area (Å²) in [5.74, 6) is -0.962. The summed E-state index contributed by atoms with van der Waals surface area (Å²) in [7, 11) is -4.00. The smallest absolute Gasteiger partial charge is 0.264 e. The van der Waals surface area contributed by atoms with Crippen LogP contribution >= 0.6 is 0 Å². The molecule has 1 aromatic heterocycles. The molecular weight excluding hydrogens is 491 g/mol. The highest BCUT2D eigenvalue weighted by molar-refractivity contribution is 7.92.